The van der Waals surface area contributed by atoms with Gasteiger partial charge >= 0.3 is 0 Å². The second kappa shape index (κ2) is 8.95. The molecule has 0 N–H and O–H groups in total. The number of carbonyl (C=O) groups excluding carboxylic acids is 2. The maximum Gasteiger partial charge on any atom is 0.240 e. The molecule has 2 amide bonds. The van der Waals surface area contributed by atoms with Gasteiger partial charge < -0.3 is 9.80 Å². The van der Waals surface area contributed by atoms with Crippen LogP contribution in [0.4, 0.5) is 4.39 Å². The van der Waals surface area contributed by atoms with Crippen molar-refractivity contribution >= 4 is 11.8 Å². The highest BCUT2D eigenvalue weighted by Crippen LogP contribution is 2.20. The van der Waals surface area contributed by atoms with Crippen LogP contribution in [0.2, 0.25) is 0 Å². The number of benzene rings is 1. The lowest BCUT2D eigenvalue weighted by molar-refractivity contribution is -0.142. The maximum atomic E-state index is 13.1. The second-order valence-corrected chi connectivity index (χ2v) is 8.14. The van der Waals surface area contributed by atoms with Crippen molar-refractivity contribution in [2.75, 3.05) is 32.7 Å². The Balaban J connectivity index is 1.32. The lowest BCUT2D eigenvalue weighted by Gasteiger charge is -2.39. The first-order valence-corrected chi connectivity index (χ1v) is 10.5. The number of halogens is 1. The van der Waals surface area contributed by atoms with E-state index in [4.69, 9.17) is 0 Å². The monoisotopic (exact) mass is 413 g/mol. The second-order valence-electron chi connectivity index (χ2n) is 8.14. The largest absolute Gasteiger partial charge is 0.341 e. The molecule has 1 atom stereocenters. The summed E-state index contributed by atoms with van der Waals surface area (Å²) in [5, 5.41) is 4.23. The van der Waals surface area contributed by atoms with Crippen molar-refractivity contribution in [3.05, 3.63) is 53.6 Å². The van der Waals surface area contributed by atoms with Crippen LogP contribution in [0.25, 0.3) is 0 Å². The average molecular weight is 413 g/mol. The molecule has 4 rings (SSSR count). The van der Waals surface area contributed by atoms with Crippen molar-refractivity contribution in [2.24, 2.45) is 0 Å². The Morgan fingerprint density at radius 1 is 1.13 bits per heavy atom. The Morgan fingerprint density at radius 3 is 2.63 bits per heavy atom. The number of aromatic nitrogens is 2. The molecule has 8 heteroatoms. The van der Waals surface area contributed by atoms with E-state index in [-0.39, 0.29) is 23.7 Å². The van der Waals surface area contributed by atoms with Crippen LogP contribution in [-0.2, 0) is 22.7 Å². The Labute approximate surface area is 176 Å². The number of aryl methyl sites for hydroxylation is 2. The van der Waals surface area contributed by atoms with Gasteiger partial charge in [0.05, 0.1) is 12.2 Å². The van der Waals surface area contributed by atoms with Crippen LogP contribution < -0.4 is 0 Å². The number of nitrogens with zero attached hydrogens (tertiary/aromatic N) is 5. The third-order valence-electron chi connectivity index (χ3n) is 5.98. The highest BCUT2D eigenvalue weighted by Gasteiger charge is 2.37. The normalized spacial score (nSPS) is 20.2. The number of fused-ring (bicyclic) bond motifs is 1. The van der Waals surface area contributed by atoms with E-state index >= 15 is 0 Å². The number of rotatable bonds is 5. The highest BCUT2D eigenvalue weighted by atomic mass is 19.1. The van der Waals surface area contributed by atoms with Gasteiger partial charge in [0, 0.05) is 58.4 Å². The molecule has 2 aliphatic rings. The highest BCUT2D eigenvalue weighted by molar-refractivity contribution is 5.83. The quantitative estimate of drug-likeness (QED) is 0.748. The predicted octanol–water partition coefficient (Wildman–Crippen LogP) is 1.67. The zero-order valence-corrected chi connectivity index (χ0v) is 17.3. The molecule has 1 unspecified atom stereocenters. The minimum absolute atomic E-state index is 0.104. The maximum absolute atomic E-state index is 13.1. The van der Waals surface area contributed by atoms with Gasteiger partial charge in [-0.3, -0.25) is 19.2 Å². The van der Waals surface area contributed by atoms with E-state index in [2.05, 4.69) is 10.00 Å². The summed E-state index contributed by atoms with van der Waals surface area (Å²) in [5.74, 6) is -0.0587. The van der Waals surface area contributed by atoms with Crippen molar-refractivity contribution in [2.45, 2.75) is 38.9 Å². The predicted molar refractivity (Wildman–Crippen MR) is 110 cm³/mol. The minimum atomic E-state index is -0.272. The topological polar surface area (TPSA) is 61.7 Å². The summed E-state index contributed by atoms with van der Waals surface area (Å²) in [4.78, 5) is 31.7. The smallest absolute Gasteiger partial charge is 0.240 e. The Hall–Kier alpha value is -2.74. The van der Waals surface area contributed by atoms with Crippen molar-refractivity contribution < 1.29 is 14.0 Å². The molecule has 160 valence electrons. The van der Waals surface area contributed by atoms with Crippen LogP contribution in [0.1, 0.15) is 24.0 Å². The van der Waals surface area contributed by atoms with Gasteiger partial charge in [0.25, 0.3) is 0 Å². The molecule has 0 radical (unpaired) electrons. The molecule has 0 saturated carbocycles. The van der Waals surface area contributed by atoms with Crippen molar-refractivity contribution in [3.63, 3.8) is 0 Å². The van der Waals surface area contributed by atoms with E-state index in [0.29, 0.717) is 52.1 Å². The van der Waals surface area contributed by atoms with E-state index in [1.54, 1.807) is 23.0 Å². The summed E-state index contributed by atoms with van der Waals surface area (Å²) < 4.78 is 14.9. The molecule has 0 spiro atoms. The molecular weight excluding hydrogens is 385 g/mol. The van der Waals surface area contributed by atoms with Gasteiger partial charge in [-0.15, -0.1) is 0 Å². The number of hydrogen-bond donors (Lipinski definition) is 0. The Bertz CT molecular complexity index is 897. The molecule has 7 nitrogen and oxygen atoms in total. The molecule has 1 aromatic heterocycles. The van der Waals surface area contributed by atoms with Gasteiger partial charge in [-0.25, -0.2) is 4.39 Å². The van der Waals surface area contributed by atoms with Crippen LogP contribution in [0.15, 0.2) is 36.7 Å². The average Bonchev–Trinajstić information content (AvgIpc) is 3.03. The molecule has 0 bridgehead atoms. The lowest BCUT2D eigenvalue weighted by atomic mass is 10.1. The van der Waals surface area contributed by atoms with Gasteiger partial charge in [-0.1, -0.05) is 12.1 Å². The number of hydrogen-bond acceptors (Lipinski definition) is 4. The third-order valence-corrected chi connectivity index (χ3v) is 5.98. The minimum Gasteiger partial charge on any atom is -0.341 e. The zero-order valence-electron chi connectivity index (χ0n) is 17.3. The fraction of sp³-hybridized carbons (Fsp3) is 0.500. The first-order valence-electron chi connectivity index (χ1n) is 10.5. The summed E-state index contributed by atoms with van der Waals surface area (Å²) in [7, 11) is 0. The lowest BCUT2D eigenvalue weighted by Crippen LogP contribution is -2.56. The molecule has 2 saturated heterocycles. The van der Waals surface area contributed by atoms with Gasteiger partial charge in [0.2, 0.25) is 11.8 Å². The summed E-state index contributed by atoms with van der Waals surface area (Å²) in [6.45, 7) is 6.45. The van der Waals surface area contributed by atoms with E-state index in [0.717, 1.165) is 17.7 Å². The molecule has 2 fully saturated rings. The third kappa shape index (κ3) is 4.70. The fourth-order valence-electron chi connectivity index (χ4n) is 4.27. The molecule has 2 aromatic rings. The molecular formula is C22H28FN5O2. The Morgan fingerprint density at radius 2 is 1.90 bits per heavy atom. The van der Waals surface area contributed by atoms with Crippen LogP contribution in [0, 0.1) is 12.7 Å². The number of piperazine rings is 1. The van der Waals surface area contributed by atoms with Crippen molar-refractivity contribution in [3.8, 4) is 0 Å². The SMILES string of the molecule is Cc1cnn(CCC(=O)N2CCC3C(=O)N(Cc4ccc(F)cc4)CCN3CC2)c1. The van der Waals surface area contributed by atoms with Gasteiger partial charge in [0.1, 0.15) is 5.82 Å². The van der Waals surface area contributed by atoms with Gasteiger partial charge in [-0.05, 0) is 36.6 Å². The van der Waals surface area contributed by atoms with E-state index < -0.39 is 0 Å². The van der Waals surface area contributed by atoms with E-state index in [1.165, 1.54) is 12.1 Å². The van der Waals surface area contributed by atoms with E-state index in [9.17, 15) is 14.0 Å². The molecule has 3 heterocycles. The standard InChI is InChI=1S/C22H28FN5O2/c1-17-14-24-28(15-17)9-7-21(29)26-8-6-20-22(30)27(13-11-25(20)10-12-26)16-18-2-4-19(23)5-3-18/h2-5,14-15,20H,6-13,16H2,1H3. The molecule has 1 aromatic carbocycles. The summed E-state index contributed by atoms with van der Waals surface area (Å²) in [6, 6.07) is 6.12. The van der Waals surface area contributed by atoms with Crippen molar-refractivity contribution in [1.82, 2.24) is 24.5 Å². The van der Waals surface area contributed by atoms with Gasteiger partial charge in [0.15, 0.2) is 0 Å². The van der Waals surface area contributed by atoms with Crippen LogP contribution in [0.5, 0.6) is 0 Å². The Kier molecular flexibility index (Phi) is 6.13. The molecule has 2 aliphatic heterocycles. The van der Waals surface area contributed by atoms with Crippen molar-refractivity contribution in [1.29, 1.82) is 0 Å². The van der Waals surface area contributed by atoms with E-state index in [1.807, 2.05) is 22.9 Å². The van der Waals surface area contributed by atoms with Gasteiger partial charge in [-0.2, -0.15) is 5.10 Å². The summed E-state index contributed by atoms with van der Waals surface area (Å²) >= 11 is 0. The zero-order chi connectivity index (χ0) is 21.1. The fourth-order valence-corrected chi connectivity index (χ4v) is 4.27. The summed E-state index contributed by atoms with van der Waals surface area (Å²) in [6.07, 6.45) is 4.78. The first kappa shape index (κ1) is 20.5. The first-order chi connectivity index (χ1) is 14.5. The van der Waals surface area contributed by atoms with Crippen LogP contribution in [0.3, 0.4) is 0 Å². The molecule has 0 aliphatic carbocycles. The van der Waals surface area contributed by atoms with Crippen LogP contribution in [-0.4, -0.2) is 75.1 Å². The number of carbonyl (C=O) groups is 2. The number of amides is 2. The molecule has 30 heavy (non-hydrogen) atoms. The summed E-state index contributed by atoms with van der Waals surface area (Å²) in [5.41, 5.74) is 2.01. The van der Waals surface area contributed by atoms with Crippen LogP contribution >= 0.6 is 0 Å².